The molecular formula is C27H35ClN6O3. The molecule has 5 rings (SSSR count). The average molecular weight is 527 g/mol. The zero-order chi connectivity index (χ0) is 25.8. The van der Waals surface area contributed by atoms with Gasteiger partial charge in [-0.2, -0.15) is 0 Å². The zero-order valence-corrected chi connectivity index (χ0v) is 21.9. The average Bonchev–Trinajstić information content (AvgIpc) is 3.32. The molecule has 0 spiro atoms. The molecule has 3 aromatic heterocycles. The van der Waals surface area contributed by atoms with E-state index in [-0.39, 0.29) is 24.1 Å². The first-order valence-electron chi connectivity index (χ1n) is 13.1. The number of aromatic amines is 1. The standard InChI is InChI=1S/C27H35ClN6O3/c1-37-21-12-22-23(14-31-27(22)30-13-21)16-10-24(28)34-25(11-16)32-18-2-4-19(5-3-18)33-26(36)15-29-17-6-8-20(35)9-7-17/h10-14,17-20,29,35H,2-9,15H2,1H3,(H,30,31)(H,32,34)(H,33,36)/t17-,18-,19-,20-. The van der Waals surface area contributed by atoms with Crippen LogP contribution in [0.1, 0.15) is 51.4 Å². The van der Waals surface area contributed by atoms with E-state index < -0.39 is 0 Å². The number of aliphatic hydroxyl groups is 1. The van der Waals surface area contributed by atoms with Gasteiger partial charge in [-0.25, -0.2) is 9.97 Å². The number of carbonyl (C=O) groups is 1. The van der Waals surface area contributed by atoms with Crippen molar-refractivity contribution in [1.82, 2.24) is 25.6 Å². The maximum absolute atomic E-state index is 12.4. The highest BCUT2D eigenvalue weighted by Gasteiger charge is 2.24. The van der Waals surface area contributed by atoms with Gasteiger partial charge in [0.1, 0.15) is 22.4 Å². The molecule has 0 saturated heterocycles. The molecule has 10 heteroatoms. The maximum Gasteiger partial charge on any atom is 0.234 e. The Kier molecular flexibility index (Phi) is 8.12. The summed E-state index contributed by atoms with van der Waals surface area (Å²) < 4.78 is 5.34. The number of nitrogens with zero attached hydrogens (tertiary/aromatic N) is 2. The second-order valence-corrected chi connectivity index (χ2v) is 10.6. The van der Waals surface area contributed by atoms with Crippen LogP contribution in [-0.4, -0.2) is 63.8 Å². The lowest BCUT2D eigenvalue weighted by Gasteiger charge is -2.30. The van der Waals surface area contributed by atoms with E-state index in [0.29, 0.717) is 23.5 Å². The lowest BCUT2D eigenvalue weighted by Crippen LogP contribution is -2.46. The Labute approximate surface area is 221 Å². The fraction of sp³-hybridized carbons (Fsp3) is 0.519. The van der Waals surface area contributed by atoms with E-state index in [1.165, 1.54) is 0 Å². The molecule has 2 aliphatic rings. The topological polar surface area (TPSA) is 124 Å². The molecule has 37 heavy (non-hydrogen) atoms. The van der Waals surface area contributed by atoms with E-state index in [2.05, 4.69) is 30.9 Å². The van der Waals surface area contributed by atoms with E-state index in [0.717, 1.165) is 79.3 Å². The highest BCUT2D eigenvalue weighted by molar-refractivity contribution is 6.29. The summed E-state index contributed by atoms with van der Waals surface area (Å²) in [6.07, 6.45) is 10.6. The molecule has 5 N–H and O–H groups in total. The first-order valence-corrected chi connectivity index (χ1v) is 13.5. The van der Waals surface area contributed by atoms with Gasteiger partial charge in [0, 0.05) is 35.3 Å². The van der Waals surface area contributed by atoms with Crippen LogP contribution in [0, 0.1) is 0 Å². The number of halogens is 1. The van der Waals surface area contributed by atoms with Gasteiger partial charge in [-0.05, 0) is 75.1 Å². The van der Waals surface area contributed by atoms with Crippen LogP contribution in [0.15, 0.2) is 30.6 Å². The number of methoxy groups -OCH3 is 1. The van der Waals surface area contributed by atoms with Crippen LogP contribution < -0.4 is 20.7 Å². The molecule has 0 aromatic carbocycles. The number of nitrogens with one attached hydrogen (secondary N) is 4. The van der Waals surface area contributed by atoms with Crippen molar-refractivity contribution in [2.45, 2.75) is 75.6 Å². The molecule has 0 aliphatic heterocycles. The number of ether oxygens (including phenoxy) is 1. The Morgan fingerprint density at radius 2 is 1.81 bits per heavy atom. The van der Waals surface area contributed by atoms with E-state index in [1.54, 1.807) is 13.3 Å². The molecule has 198 valence electrons. The number of fused-ring (bicyclic) bond motifs is 1. The molecule has 3 aromatic rings. The number of rotatable bonds is 8. The molecule has 2 aliphatic carbocycles. The predicted octanol–water partition coefficient (Wildman–Crippen LogP) is 4.02. The normalized spacial score (nSPS) is 24.1. The van der Waals surface area contributed by atoms with Crippen molar-refractivity contribution in [3.63, 3.8) is 0 Å². The minimum absolute atomic E-state index is 0.0496. The molecule has 2 saturated carbocycles. The molecule has 1 amide bonds. The van der Waals surface area contributed by atoms with Crippen LogP contribution in [0.2, 0.25) is 5.15 Å². The number of H-pyrrole nitrogens is 1. The SMILES string of the molecule is COc1cnc2[nH]cc(-c3cc(Cl)nc(N[C@H]4CC[C@H](NC(=O)CN[C@H]5CC[C@H](O)CC5)CC4)c3)c2c1. The minimum Gasteiger partial charge on any atom is -0.495 e. The highest BCUT2D eigenvalue weighted by Crippen LogP contribution is 2.33. The van der Waals surface area contributed by atoms with Gasteiger partial charge in [0.2, 0.25) is 5.91 Å². The smallest absolute Gasteiger partial charge is 0.234 e. The quantitative estimate of drug-likeness (QED) is 0.281. The number of carbonyl (C=O) groups excluding carboxylic acids is 1. The lowest BCUT2D eigenvalue weighted by atomic mass is 9.91. The summed E-state index contributed by atoms with van der Waals surface area (Å²) in [7, 11) is 1.63. The van der Waals surface area contributed by atoms with E-state index in [1.807, 2.05) is 24.4 Å². The summed E-state index contributed by atoms with van der Waals surface area (Å²) in [5.74, 6) is 1.48. The van der Waals surface area contributed by atoms with Crippen molar-refractivity contribution in [2.75, 3.05) is 19.0 Å². The molecule has 9 nitrogen and oxygen atoms in total. The molecule has 0 radical (unpaired) electrons. The van der Waals surface area contributed by atoms with Gasteiger partial charge in [0.25, 0.3) is 0 Å². The van der Waals surface area contributed by atoms with Gasteiger partial charge in [0.15, 0.2) is 0 Å². The van der Waals surface area contributed by atoms with Crippen LogP contribution in [0.5, 0.6) is 5.75 Å². The van der Waals surface area contributed by atoms with Gasteiger partial charge in [-0.1, -0.05) is 11.6 Å². The summed E-state index contributed by atoms with van der Waals surface area (Å²) in [5, 5.41) is 21.1. The Hall–Kier alpha value is -2.88. The van der Waals surface area contributed by atoms with Crippen LogP contribution in [0.3, 0.4) is 0 Å². The summed E-state index contributed by atoms with van der Waals surface area (Å²) >= 11 is 6.40. The number of aliphatic hydroxyl groups excluding tert-OH is 1. The summed E-state index contributed by atoms with van der Waals surface area (Å²) in [4.78, 5) is 24.6. The minimum atomic E-state index is -0.181. The van der Waals surface area contributed by atoms with Crippen LogP contribution in [0.25, 0.3) is 22.2 Å². The van der Waals surface area contributed by atoms with Gasteiger partial charge in [-0.3, -0.25) is 4.79 Å². The molecule has 0 bridgehead atoms. The summed E-state index contributed by atoms with van der Waals surface area (Å²) in [6, 6.07) is 6.61. The highest BCUT2D eigenvalue weighted by atomic mass is 35.5. The number of hydrogen-bond donors (Lipinski definition) is 5. The van der Waals surface area contributed by atoms with Gasteiger partial charge in [0.05, 0.1) is 26.0 Å². The number of pyridine rings is 2. The third-order valence-electron chi connectivity index (χ3n) is 7.54. The largest absolute Gasteiger partial charge is 0.495 e. The second-order valence-electron chi connectivity index (χ2n) is 10.2. The van der Waals surface area contributed by atoms with E-state index in [4.69, 9.17) is 16.3 Å². The second kappa shape index (κ2) is 11.7. The predicted molar refractivity (Wildman–Crippen MR) is 145 cm³/mol. The van der Waals surface area contributed by atoms with E-state index >= 15 is 0 Å². The lowest BCUT2D eigenvalue weighted by molar-refractivity contribution is -0.121. The Bertz CT molecular complexity index is 1220. The zero-order valence-electron chi connectivity index (χ0n) is 21.1. The van der Waals surface area contributed by atoms with E-state index in [9.17, 15) is 9.90 Å². The molecule has 0 unspecified atom stereocenters. The van der Waals surface area contributed by atoms with Gasteiger partial charge in [-0.15, -0.1) is 0 Å². The first kappa shape index (κ1) is 25.8. The van der Waals surface area contributed by atoms with Gasteiger partial charge >= 0.3 is 0 Å². The molecule has 0 atom stereocenters. The number of hydrogen-bond acceptors (Lipinski definition) is 7. The Morgan fingerprint density at radius 3 is 2.57 bits per heavy atom. The van der Waals surface area contributed by atoms with Crippen molar-refractivity contribution in [3.8, 4) is 16.9 Å². The monoisotopic (exact) mass is 526 g/mol. The fourth-order valence-electron chi connectivity index (χ4n) is 5.45. The summed E-state index contributed by atoms with van der Waals surface area (Å²) in [5.41, 5.74) is 2.72. The number of amides is 1. The summed E-state index contributed by atoms with van der Waals surface area (Å²) in [6.45, 7) is 0.337. The van der Waals surface area contributed by atoms with Crippen molar-refractivity contribution >= 4 is 34.4 Å². The van der Waals surface area contributed by atoms with Crippen LogP contribution in [-0.2, 0) is 4.79 Å². The number of anilines is 1. The third-order valence-corrected chi connectivity index (χ3v) is 7.73. The molecule has 3 heterocycles. The van der Waals surface area contributed by atoms with Crippen LogP contribution in [0.4, 0.5) is 5.82 Å². The Balaban J connectivity index is 1.14. The first-order chi connectivity index (χ1) is 18.0. The van der Waals surface area contributed by atoms with Gasteiger partial charge < -0.3 is 30.8 Å². The van der Waals surface area contributed by atoms with Crippen molar-refractivity contribution in [3.05, 3.63) is 35.7 Å². The van der Waals surface area contributed by atoms with Crippen molar-refractivity contribution in [1.29, 1.82) is 0 Å². The molecule has 2 fully saturated rings. The fourth-order valence-corrected chi connectivity index (χ4v) is 5.66. The van der Waals surface area contributed by atoms with Crippen molar-refractivity contribution < 1.29 is 14.6 Å². The van der Waals surface area contributed by atoms with Crippen LogP contribution >= 0.6 is 11.6 Å². The number of aromatic nitrogens is 3. The Morgan fingerprint density at radius 1 is 1.08 bits per heavy atom. The maximum atomic E-state index is 12.4. The molecular weight excluding hydrogens is 492 g/mol. The third kappa shape index (κ3) is 6.52. The van der Waals surface area contributed by atoms with Crippen molar-refractivity contribution in [2.24, 2.45) is 0 Å².